The summed E-state index contributed by atoms with van der Waals surface area (Å²) in [6.45, 7) is -0.414. The van der Waals surface area contributed by atoms with Crippen LogP contribution >= 0.6 is 0 Å². The van der Waals surface area contributed by atoms with Gasteiger partial charge in [-0.2, -0.15) is 0 Å². The molecule has 1 N–H and O–H groups in total. The van der Waals surface area contributed by atoms with E-state index in [2.05, 4.69) is 9.72 Å². The standard InChI is InChI=1S/C7H8N2O4/c1-13-5-2-8-4-9(7(5)12)3-6(10)11/h2,4H,3H2,1H3,(H,10,11). The average molecular weight is 184 g/mol. The van der Waals surface area contributed by atoms with E-state index >= 15 is 0 Å². The van der Waals surface area contributed by atoms with Crippen molar-refractivity contribution in [1.82, 2.24) is 9.55 Å². The highest BCUT2D eigenvalue weighted by atomic mass is 16.5. The van der Waals surface area contributed by atoms with Crippen LogP contribution in [0.3, 0.4) is 0 Å². The lowest BCUT2D eigenvalue weighted by Crippen LogP contribution is -2.24. The Morgan fingerprint density at radius 2 is 2.46 bits per heavy atom. The molecule has 13 heavy (non-hydrogen) atoms. The summed E-state index contributed by atoms with van der Waals surface area (Å²) in [4.78, 5) is 25.2. The molecule has 0 unspecified atom stereocenters. The third kappa shape index (κ3) is 2.05. The van der Waals surface area contributed by atoms with E-state index in [4.69, 9.17) is 5.11 Å². The third-order valence-corrected chi connectivity index (χ3v) is 1.40. The maximum atomic E-state index is 11.3. The fourth-order valence-electron chi connectivity index (χ4n) is 0.829. The molecule has 0 fully saturated rings. The SMILES string of the molecule is COc1cncn(CC(=O)O)c1=O. The lowest BCUT2D eigenvalue weighted by Gasteiger charge is -2.02. The summed E-state index contributed by atoms with van der Waals surface area (Å²) in [6, 6.07) is 0. The molecule has 0 aliphatic carbocycles. The molecule has 6 nitrogen and oxygen atoms in total. The zero-order chi connectivity index (χ0) is 9.84. The van der Waals surface area contributed by atoms with Gasteiger partial charge in [-0.25, -0.2) is 4.98 Å². The van der Waals surface area contributed by atoms with Gasteiger partial charge in [0.15, 0.2) is 0 Å². The van der Waals surface area contributed by atoms with Gasteiger partial charge < -0.3 is 9.84 Å². The number of nitrogens with zero attached hydrogens (tertiary/aromatic N) is 2. The molecule has 0 radical (unpaired) electrons. The minimum Gasteiger partial charge on any atom is -0.490 e. The van der Waals surface area contributed by atoms with Crippen LogP contribution in [0.15, 0.2) is 17.3 Å². The molecule has 0 amide bonds. The maximum Gasteiger partial charge on any atom is 0.323 e. The van der Waals surface area contributed by atoms with Gasteiger partial charge in [-0.15, -0.1) is 0 Å². The number of aromatic nitrogens is 2. The van der Waals surface area contributed by atoms with Gasteiger partial charge in [0.2, 0.25) is 5.75 Å². The molecule has 1 aromatic heterocycles. The molecule has 0 spiro atoms. The Morgan fingerprint density at radius 3 is 3.00 bits per heavy atom. The van der Waals surface area contributed by atoms with Gasteiger partial charge in [0.05, 0.1) is 19.6 Å². The fourth-order valence-corrected chi connectivity index (χ4v) is 0.829. The zero-order valence-corrected chi connectivity index (χ0v) is 6.93. The topological polar surface area (TPSA) is 81.4 Å². The Labute approximate surface area is 73.4 Å². The summed E-state index contributed by atoms with van der Waals surface area (Å²) in [5, 5.41) is 8.43. The largest absolute Gasteiger partial charge is 0.490 e. The summed E-state index contributed by atoms with van der Waals surface area (Å²) in [5.74, 6) is -1.07. The van der Waals surface area contributed by atoms with E-state index < -0.39 is 18.1 Å². The Balaban J connectivity index is 3.09. The van der Waals surface area contributed by atoms with Crippen LogP contribution in [0.1, 0.15) is 0 Å². The minimum atomic E-state index is -1.10. The number of carboxylic acid groups (broad SMARTS) is 1. The van der Waals surface area contributed by atoms with Crippen molar-refractivity contribution in [3.8, 4) is 5.75 Å². The van der Waals surface area contributed by atoms with Crippen LogP contribution in [0, 0.1) is 0 Å². The fraction of sp³-hybridized carbons (Fsp3) is 0.286. The molecule has 0 atom stereocenters. The zero-order valence-electron chi connectivity index (χ0n) is 6.93. The Bertz CT molecular complexity index is 371. The maximum absolute atomic E-state index is 11.3. The van der Waals surface area contributed by atoms with E-state index in [0.717, 1.165) is 10.9 Å². The summed E-state index contributed by atoms with van der Waals surface area (Å²) < 4.78 is 5.64. The van der Waals surface area contributed by atoms with E-state index in [1.54, 1.807) is 0 Å². The average Bonchev–Trinajstić information content (AvgIpc) is 2.08. The van der Waals surface area contributed by atoms with Crippen molar-refractivity contribution in [3.05, 3.63) is 22.9 Å². The van der Waals surface area contributed by atoms with Crippen LogP contribution in [-0.4, -0.2) is 27.7 Å². The third-order valence-electron chi connectivity index (χ3n) is 1.40. The number of aliphatic carboxylic acids is 1. The van der Waals surface area contributed by atoms with Gasteiger partial charge >= 0.3 is 5.97 Å². The quantitative estimate of drug-likeness (QED) is 0.674. The molecule has 0 aliphatic heterocycles. The monoisotopic (exact) mass is 184 g/mol. The second-order valence-corrected chi connectivity index (χ2v) is 2.29. The Hall–Kier alpha value is -1.85. The molecule has 70 valence electrons. The molecule has 0 saturated carbocycles. The number of methoxy groups -OCH3 is 1. The molecule has 1 rings (SSSR count). The van der Waals surface area contributed by atoms with Crippen molar-refractivity contribution in [2.45, 2.75) is 6.54 Å². The van der Waals surface area contributed by atoms with Crippen molar-refractivity contribution >= 4 is 5.97 Å². The predicted molar refractivity (Wildman–Crippen MR) is 42.7 cm³/mol. The molecule has 0 aromatic carbocycles. The lowest BCUT2D eigenvalue weighted by molar-refractivity contribution is -0.137. The normalized spacial score (nSPS) is 9.62. The highest BCUT2D eigenvalue weighted by Crippen LogP contribution is 1.96. The Kier molecular flexibility index (Phi) is 2.63. The first-order valence-corrected chi connectivity index (χ1v) is 3.45. The number of rotatable bonds is 3. The van der Waals surface area contributed by atoms with E-state index in [1.165, 1.54) is 13.3 Å². The van der Waals surface area contributed by atoms with Gasteiger partial charge in [0, 0.05) is 0 Å². The second-order valence-electron chi connectivity index (χ2n) is 2.29. The molecule has 0 bridgehead atoms. The van der Waals surface area contributed by atoms with Crippen LogP contribution in [-0.2, 0) is 11.3 Å². The summed E-state index contributed by atoms with van der Waals surface area (Å²) in [5.41, 5.74) is -0.500. The lowest BCUT2D eigenvalue weighted by atomic mass is 10.5. The molecule has 0 aliphatic rings. The highest BCUT2D eigenvalue weighted by Gasteiger charge is 2.05. The number of carboxylic acids is 1. The van der Waals surface area contributed by atoms with Crippen LogP contribution < -0.4 is 10.3 Å². The minimum absolute atomic E-state index is 0.0312. The van der Waals surface area contributed by atoms with Crippen LogP contribution in [0.4, 0.5) is 0 Å². The van der Waals surface area contributed by atoms with Gasteiger partial charge in [0.1, 0.15) is 6.54 Å². The number of ether oxygens (including phenoxy) is 1. The second kappa shape index (κ2) is 3.70. The van der Waals surface area contributed by atoms with Gasteiger partial charge in [-0.05, 0) is 0 Å². The van der Waals surface area contributed by atoms with Crippen LogP contribution in [0.2, 0.25) is 0 Å². The van der Waals surface area contributed by atoms with Crippen molar-refractivity contribution in [3.63, 3.8) is 0 Å². The van der Waals surface area contributed by atoms with E-state index in [-0.39, 0.29) is 5.75 Å². The van der Waals surface area contributed by atoms with E-state index in [9.17, 15) is 9.59 Å². The van der Waals surface area contributed by atoms with E-state index in [0.29, 0.717) is 0 Å². The molecule has 6 heteroatoms. The van der Waals surface area contributed by atoms with Crippen molar-refractivity contribution < 1.29 is 14.6 Å². The first-order chi connectivity index (χ1) is 6.15. The molecule has 1 heterocycles. The van der Waals surface area contributed by atoms with Gasteiger partial charge in [-0.1, -0.05) is 0 Å². The van der Waals surface area contributed by atoms with Crippen molar-refractivity contribution in [2.24, 2.45) is 0 Å². The molecular formula is C7H8N2O4. The summed E-state index contributed by atoms with van der Waals surface area (Å²) in [6.07, 6.45) is 2.39. The molecule has 0 saturated heterocycles. The predicted octanol–water partition coefficient (Wildman–Crippen LogP) is -0.663. The Morgan fingerprint density at radius 1 is 1.77 bits per heavy atom. The number of carbonyl (C=O) groups is 1. The van der Waals surface area contributed by atoms with Gasteiger partial charge in [0.25, 0.3) is 5.56 Å². The number of hydrogen-bond acceptors (Lipinski definition) is 4. The summed E-state index contributed by atoms with van der Waals surface area (Å²) >= 11 is 0. The molecule has 1 aromatic rings. The van der Waals surface area contributed by atoms with Crippen molar-refractivity contribution in [1.29, 1.82) is 0 Å². The van der Waals surface area contributed by atoms with Gasteiger partial charge in [-0.3, -0.25) is 14.2 Å². The highest BCUT2D eigenvalue weighted by molar-refractivity contribution is 5.66. The summed E-state index contributed by atoms with van der Waals surface area (Å²) in [7, 11) is 1.32. The smallest absolute Gasteiger partial charge is 0.323 e. The van der Waals surface area contributed by atoms with Crippen LogP contribution in [0.5, 0.6) is 5.75 Å². The van der Waals surface area contributed by atoms with Crippen LogP contribution in [0.25, 0.3) is 0 Å². The van der Waals surface area contributed by atoms with E-state index in [1.807, 2.05) is 0 Å². The first kappa shape index (κ1) is 9.24. The first-order valence-electron chi connectivity index (χ1n) is 3.45. The molecular weight excluding hydrogens is 176 g/mol. The number of hydrogen-bond donors (Lipinski definition) is 1. The van der Waals surface area contributed by atoms with Crippen molar-refractivity contribution in [2.75, 3.05) is 7.11 Å².